The van der Waals surface area contributed by atoms with E-state index in [1.54, 1.807) is 42.0 Å². The first-order valence-corrected chi connectivity index (χ1v) is 13.5. The van der Waals surface area contributed by atoms with Gasteiger partial charge in [-0.05, 0) is 37.3 Å². The number of fused-ring (bicyclic) bond motifs is 2. The largest absolute Gasteiger partial charge is 0.379 e. The van der Waals surface area contributed by atoms with Crippen LogP contribution < -0.4 is 15.8 Å². The molecule has 0 amide bonds. The van der Waals surface area contributed by atoms with E-state index in [2.05, 4.69) is 67.6 Å². The average molecular weight is 516 g/mol. The molecular weight excluding hydrogens is 490 g/mol. The van der Waals surface area contributed by atoms with Gasteiger partial charge in [-0.25, -0.2) is 0 Å². The lowest BCUT2D eigenvalue weighted by Crippen LogP contribution is -2.36. The van der Waals surface area contributed by atoms with Gasteiger partial charge in [0.25, 0.3) is 0 Å². The summed E-state index contributed by atoms with van der Waals surface area (Å²) >= 11 is 3.51. The molecule has 7 nitrogen and oxygen atoms in total. The van der Waals surface area contributed by atoms with Crippen LogP contribution in [0.2, 0.25) is 0 Å². The van der Waals surface area contributed by atoms with Crippen LogP contribution in [-0.2, 0) is 11.3 Å². The van der Waals surface area contributed by atoms with Crippen molar-refractivity contribution in [1.29, 1.82) is 0 Å². The third-order valence-corrected chi connectivity index (χ3v) is 8.72. The van der Waals surface area contributed by atoms with Crippen LogP contribution in [-0.4, -0.2) is 41.3 Å². The third kappa shape index (κ3) is 4.86. The van der Waals surface area contributed by atoms with Gasteiger partial charge < -0.3 is 19.9 Å². The van der Waals surface area contributed by atoms with Crippen molar-refractivity contribution in [2.45, 2.75) is 33.1 Å². The van der Waals surface area contributed by atoms with Gasteiger partial charge in [-0.15, -0.1) is 0 Å². The van der Waals surface area contributed by atoms with Gasteiger partial charge in [-0.2, -0.15) is 0 Å². The lowest BCUT2D eigenvalue weighted by molar-refractivity contribution is 0.122. The SMILES string of the molecule is Cc1cncc(CNc2ccc3c(c2)Sc2cccc(-c4cc(N5CCOCC5)cc(=O)[nH]4)c2S3)n1. The molecular formula is C27H25N5O2S2. The van der Waals surface area contributed by atoms with Gasteiger partial charge in [0.2, 0.25) is 5.56 Å². The monoisotopic (exact) mass is 515 g/mol. The van der Waals surface area contributed by atoms with E-state index in [1.165, 1.54) is 19.6 Å². The number of hydrogen-bond acceptors (Lipinski definition) is 8. The predicted molar refractivity (Wildman–Crippen MR) is 144 cm³/mol. The molecule has 2 aliphatic rings. The molecule has 4 aromatic rings. The zero-order valence-corrected chi connectivity index (χ0v) is 21.4. The number of aromatic amines is 1. The van der Waals surface area contributed by atoms with Crippen molar-refractivity contribution in [1.82, 2.24) is 15.0 Å². The Hall–Kier alpha value is -3.27. The molecule has 0 radical (unpaired) electrons. The number of nitrogens with zero attached hydrogens (tertiary/aromatic N) is 3. The number of aromatic nitrogens is 3. The summed E-state index contributed by atoms with van der Waals surface area (Å²) in [5.74, 6) is 0. The first kappa shape index (κ1) is 23.1. The fourth-order valence-electron chi connectivity index (χ4n) is 4.40. The van der Waals surface area contributed by atoms with Gasteiger partial charge in [-0.1, -0.05) is 35.7 Å². The number of pyridine rings is 1. The first-order valence-electron chi connectivity index (χ1n) is 11.8. The molecule has 0 bridgehead atoms. The van der Waals surface area contributed by atoms with E-state index in [0.29, 0.717) is 19.8 Å². The van der Waals surface area contributed by atoms with E-state index in [1.807, 2.05) is 6.92 Å². The van der Waals surface area contributed by atoms with Crippen LogP contribution in [0.25, 0.3) is 11.3 Å². The van der Waals surface area contributed by atoms with Gasteiger partial charge in [0.1, 0.15) is 0 Å². The van der Waals surface area contributed by atoms with Crippen LogP contribution in [0.4, 0.5) is 11.4 Å². The topological polar surface area (TPSA) is 83.1 Å². The summed E-state index contributed by atoms with van der Waals surface area (Å²) in [4.78, 5) is 31.4. The number of hydrogen-bond donors (Lipinski definition) is 2. The fourth-order valence-corrected chi connectivity index (χ4v) is 6.81. The van der Waals surface area contributed by atoms with Crippen LogP contribution in [0.5, 0.6) is 0 Å². The van der Waals surface area contributed by atoms with Crippen molar-refractivity contribution < 1.29 is 4.74 Å². The van der Waals surface area contributed by atoms with E-state index in [4.69, 9.17) is 4.74 Å². The Bertz CT molecular complexity index is 1480. The number of aryl methyl sites for hydroxylation is 1. The van der Waals surface area contributed by atoms with E-state index >= 15 is 0 Å². The summed E-state index contributed by atoms with van der Waals surface area (Å²) in [6, 6.07) is 16.5. The maximum absolute atomic E-state index is 12.6. The summed E-state index contributed by atoms with van der Waals surface area (Å²) in [5, 5.41) is 3.46. The molecule has 2 aromatic heterocycles. The Morgan fingerprint density at radius 2 is 1.92 bits per heavy atom. The van der Waals surface area contributed by atoms with Crippen molar-refractivity contribution in [3.8, 4) is 11.3 Å². The molecule has 0 aliphatic carbocycles. The summed E-state index contributed by atoms with van der Waals surface area (Å²) < 4.78 is 5.48. The van der Waals surface area contributed by atoms with Gasteiger partial charge in [0.15, 0.2) is 0 Å². The molecule has 0 atom stereocenters. The number of anilines is 2. The molecule has 6 rings (SSSR count). The lowest BCUT2D eigenvalue weighted by atomic mass is 10.1. The lowest BCUT2D eigenvalue weighted by Gasteiger charge is -2.29. The molecule has 1 fully saturated rings. The highest BCUT2D eigenvalue weighted by Gasteiger charge is 2.22. The molecule has 1 saturated heterocycles. The number of rotatable bonds is 5. The van der Waals surface area contributed by atoms with Crippen LogP contribution >= 0.6 is 23.5 Å². The van der Waals surface area contributed by atoms with Gasteiger partial charge in [0.05, 0.1) is 43.0 Å². The predicted octanol–water partition coefficient (Wildman–Crippen LogP) is 5.20. The van der Waals surface area contributed by atoms with Gasteiger partial charge >= 0.3 is 0 Å². The fraction of sp³-hybridized carbons (Fsp3) is 0.222. The Morgan fingerprint density at radius 3 is 2.78 bits per heavy atom. The number of ether oxygens (including phenoxy) is 1. The van der Waals surface area contributed by atoms with E-state index < -0.39 is 0 Å². The minimum Gasteiger partial charge on any atom is -0.379 e. The van der Waals surface area contributed by atoms with Crippen molar-refractivity contribution >= 4 is 34.9 Å². The minimum atomic E-state index is -0.0885. The molecule has 4 heterocycles. The molecule has 2 aromatic carbocycles. The van der Waals surface area contributed by atoms with Crippen LogP contribution in [0.3, 0.4) is 0 Å². The van der Waals surface area contributed by atoms with Crippen molar-refractivity contribution in [3.05, 3.63) is 82.7 Å². The van der Waals surface area contributed by atoms with Crippen molar-refractivity contribution in [3.63, 3.8) is 0 Å². The Labute approximate surface area is 217 Å². The number of H-pyrrole nitrogens is 1. The second-order valence-electron chi connectivity index (χ2n) is 8.72. The Kier molecular flexibility index (Phi) is 6.43. The number of nitrogens with one attached hydrogen (secondary N) is 2. The maximum atomic E-state index is 12.6. The Balaban J connectivity index is 1.26. The summed E-state index contributed by atoms with van der Waals surface area (Å²) in [5.41, 5.74) is 5.62. The van der Waals surface area contributed by atoms with Crippen LogP contribution in [0.1, 0.15) is 11.4 Å². The molecule has 182 valence electrons. The second kappa shape index (κ2) is 10.0. The zero-order valence-electron chi connectivity index (χ0n) is 19.8. The molecule has 36 heavy (non-hydrogen) atoms. The zero-order chi connectivity index (χ0) is 24.5. The number of morpholine rings is 1. The van der Waals surface area contributed by atoms with E-state index in [9.17, 15) is 4.79 Å². The first-order chi connectivity index (χ1) is 17.6. The van der Waals surface area contributed by atoms with Gasteiger partial charge in [-0.3, -0.25) is 14.8 Å². The standard InChI is InChI=1S/C27H25N5O2S2/c1-17-14-28-15-19(30-17)16-29-18-5-6-23-25(11-18)35-24-4-2-3-21(27(24)36-23)22-12-20(13-26(33)31-22)32-7-9-34-10-8-32/h2-6,11-15,29H,7-10,16H2,1H3,(H,31,33). The van der Waals surface area contributed by atoms with Crippen molar-refractivity contribution in [2.75, 3.05) is 36.5 Å². The average Bonchev–Trinajstić information content (AvgIpc) is 2.90. The molecule has 9 heteroatoms. The normalized spacial score (nSPS) is 14.8. The minimum absolute atomic E-state index is 0.0885. The Morgan fingerprint density at radius 1 is 1.03 bits per heavy atom. The smallest absolute Gasteiger partial charge is 0.250 e. The summed E-state index contributed by atoms with van der Waals surface area (Å²) in [6.07, 6.45) is 3.55. The highest BCUT2D eigenvalue weighted by molar-refractivity contribution is 8.05. The quantitative estimate of drug-likeness (QED) is 0.330. The highest BCUT2D eigenvalue weighted by atomic mass is 32.2. The highest BCUT2D eigenvalue weighted by Crippen LogP contribution is 2.52. The van der Waals surface area contributed by atoms with Crippen LogP contribution in [0.15, 0.2) is 85.3 Å². The third-order valence-electron chi connectivity index (χ3n) is 6.13. The summed E-state index contributed by atoms with van der Waals surface area (Å²) in [7, 11) is 0. The molecule has 0 unspecified atom stereocenters. The van der Waals surface area contributed by atoms with Gasteiger partial charge in [0, 0.05) is 61.9 Å². The van der Waals surface area contributed by atoms with E-state index in [-0.39, 0.29) is 5.56 Å². The van der Waals surface area contributed by atoms with Crippen LogP contribution in [0, 0.1) is 6.92 Å². The molecule has 0 spiro atoms. The molecule has 2 N–H and O–H groups in total. The number of benzene rings is 2. The second-order valence-corrected chi connectivity index (χ2v) is 10.9. The molecule has 2 aliphatic heterocycles. The van der Waals surface area contributed by atoms with Crippen molar-refractivity contribution in [2.24, 2.45) is 0 Å². The van der Waals surface area contributed by atoms with E-state index in [0.717, 1.165) is 47.1 Å². The maximum Gasteiger partial charge on any atom is 0.250 e. The summed E-state index contributed by atoms with van der Waals surface area (Å²) in [6.45, 7) is 5.52. The molecule has 0 saturated carbocycles.